The Kier molecular flexibility index (Phi) is 3.07. The number of benzene rings is 1. The minimum atomic E-state index is -0.978. The Morgan fingerprint density at radius 1 is 1.29 bits per heavy atom. The smallest absolute Gasteiger partial charge is 0.321 e. The lowest BCUT2D eigenvalue weighted by Crippen LogP contribution is -2.32. The molecule has 0 heterocycles. The molecule has 0 unspecified atom stereocenters. The van der Waals surface area contributed by atoms with Crippen molar-refractivity contribution < 1.29 is 14.3 Å². The maximum atomic E-state index is 11.9. The molecule has 1 amide bonds. The van der Waals surface area contributed by atoms with Gasteiger partial charge < -0.3 is 10.1 Å². The molecule has 0 bridgehead atoms. The molecule has 90 valence electrons. The highest BCUT2D eigenvalue weighted by molar-refractivity contribution is 6.30. The van der Waals surface area contributed by atoms with Gasteiger partial charge in [-0.1, -0.05) is 11.6 Å². The maximum Gasteiger partial charge on any atom is 0.321 e. The average Bonchev–Trinajstić information content (AvgIpc) is 3.12. The summed E-state index contributed by atoms with van der Waals surface area (Å²) >= 11 is 5.74. The summed E-state index contributed by atoms with van der Waals surface area (Å²) in [6, 6.07) is 6.73. The minimum absolute atomic E-state index is 0.313. The quantitative estimate of drug-likeness (QED) is 0.664. The molecule has 0 aromatic heterocycles. The minimum Gasteiger partial charge on any atom is -0.468 e. The van der Waals surface area contributed by atoms with Gasteiger partial charge in [0, 0.05) is 10.7 Å². The monoisotopic (exact) mass is 253 g/mol. The Balaban J connectivity index is 2.07. The first-order chi connectivity index (χ1) is 8.08. The highest BCUT2D eigenvalue weighted by Crippen LogP contribution is 2.47. The lowest BCUT2D eigenvalue weighted by molar-refractivity contribution is -0.150. The number of carbonyl (C=O) groups excluding carboxylic acids is 2. The van der Waals surface area contributed by atoms with Crippen LogP contribution in [0.4, 0.5) is 5.69 Å². The van der Waals surface area contributed by atoms with Crippen LogP contribution in [-0.2, 0) is 14.3 Å². The predicted octanol–water partition coefficient (Wildman–Crippen LogP) is 2.23. The largest absolute Gasteiger partial charge is 0.468 e. The van der Waals surface area contributed by atoms with Crippen molar-refractivity contribution in [1.29, 1.82) is 0 Å². The van der Waals surface area contributed by atoms with E-state index in [0.29, 0.717) is 23.6 Å². The topological polar surface area (TPSA) is 55.4 Å². The number of nitrogens with one attached hydrogen (secondary N) is 1. The third-order valence-electron chi connectivity index (χ3n) is 2.86. The molecular weight excluding hydrogens is 242 g/mol. The molecule has 1 fully saturated rings. The van der Waals surface area contributed by atoms with Crippen LogP contribution < -0.4 is 5.32 Å². The SMILES string of the molecule is COC(=O)C1(C(=O)Nc2ccc(Cl)cc2)CC1. The lowest BCUT2D eigenvalue weighted by atomic mass is 10.1. The molecule has 0 radical (unpaired) electrons. The van der Waals surface area contributed by atoms with Gasteiger partial charge in [-0.15, -0.1) is 0 Å². The third-order valence-corrected chi connectivity index (χ3v) is 3.11. The third kappa shape index (κ3) is 2.26. The van der Waals surface area contributed by atoms with Gasteiger partial charge in [0.1, 0.15) is 5.41 Å². The van der Waals surface area contributed by atoms with Crippen LogP contribution in [0.25, 0.3) is 0 Å². The Bertz CT molecular complexity index is 451. The number of halogens is 1. The number of esters is 1. The van der Waals surface area contributed by atoms with Crippen LogP contribution in [0, 0.1) is 5.41 Å². The summed E-state index contributed by atoms with van der Waals surface area (Å²) in [5.74, 6) is -0.782. The molecule has 1 aromatic carbocycles. The van der Waals surface area contributed by atoms with Gasteiger partial charge >= 0.3 is 5.97 Å². The van der Waals surface area contributed by atoms with Crippen LogP contribution in [-0.4, -0.2) is 19.0 Å². The number of amides is 1. The summed E-state index contributed by atoms with van der Waals surface area (Å²) < 4.78 is 4.63. The summed E-state index contributed by atoms with van der Waals surface area (Å²) in [6.45, 7) is 0. The van der Waals surface area contributed by atoms with E-state index in [-0.39, 0.29) is 5.91 Å². The van der Waals surface area contributed by atoms with Crippen LogP contribution in [0.15, 0.2) is 24.3 Å². The van der Waals surface area contributed by atoms with Gasteiger partial charge in [-0.05, 0) is 37.1 Å². The molecule has 1 N–H and O–H groups in total. The normalized spacial score (nSPS) is 16.1. The Morgan fingerprint density at radius 2 is 1.88 bits per heavy atom. The molecule has 1 aliphatic rings. The molecule has 17 heavy (non-hydrogen) atoms. The van der Waals surface area contributed by atoms with Gasteiger partial charge in [0.25, 0.3) is 0 Å². The van der Waals surface area contributed by atoms with Gasteiger partial charge in [-0.3, -0.25) is 9.59 Å². The summed E-state index contributed by atoms with van der Waals surface area (Å²) in [5.41, 5.74) is -0.358. The zero-order valence-electron chi connectivity index (χ0n) is 9.33. The van der Waals surface area contributed by atoms with Gasteiger partial charge in [0.05, 0.1) is 7.11 Å². The van der Waals surface area contributed by atoms with E-state index in [1.165, 1.54) is 7.11 Å². The molecule has 0 atom stereocenters. The van der Waals surface area contributed by atoms with E-state index in [9.17, 15) is 9.59 Å². The molecular formula is C12H12ClNO3. The second-order valence-corrected chi connectivity index (χ2v) is 4.47. The lowest BCUT2D eigenvalue weighted by Gasteiger charge is -2.12. The number of methoxy groups -OCH3 is 1. The van der Waals surface area contributed by atoms with Crippen LogP contribution in [0.3, 0.4) is 0 Å². The first-order valence-corrected chi connectivity index (χ1v) is 5.62. The fourth-order valence-electron chi connectivity index (χ4n) is 1.63. The molecule has 1 aromatic rings. The van der Waals surface area contributed by atoms with Gasteiger partial charge in [0.2, 0.25) is 5.91 Å². The first kappa shape index (κ1) is 11.9. The molecule has 4 nitrogen and oxygen atoms in total. The van der Waals surface area contributed by atoms with Crippen molar-refractivity contribution in [3.8, 4) is 0 Å². The highest BCUT2D eigenvalue weighted by Gasteiger charge is 2.57. The fraction of sp³-hybridized carbons (Fsp3) is 0.333. The highest BCUT2D eigenvalue weighted by atomic mass is 35.5. The van der Waals surface area contributed by atoms with Gasteiger partial charge in [-0.2, -0.15) is 0 Å². The predicted molar refractivity (Wildman–Crippen MR) is 63.8 cm³/mol. The molecule has 1 aliphatic carbocycles. The second-order valence-electron chi connectivity index (χ2n) is 4.03. The summed E-state index contributed by atoms with van der Waals surface area (Å²) in [5, 5.41) is 3.28. The summed E-state index contributed by atoms with van der Waals surface area (Å²) in [7, 11) is 1.29. The Labute approximate surface area is 104 Å². The van der Waals surface area contributed by atoms with Crippen LogP contribution >= 0.6 is 11.6 Å². The molecule has 0 aliphatic heterocycles. The average molecular weight is 254 g/mol. The van der Waals surface area contributed by atoms with Gasteiger partial charge in [0.15, 0.2) is 0 Å². The number of rotatable bonds is 3. The molecule has 0 spiro atoms. The molecule has 1 saturated carbocycles. The van der Waals surface area contributed by atoms with E-state index < -0.39 is 11.4 Å². The van der Waals surface area contributed by atoms with Gasteiger partial charge in [-0.25, -0.2) is 0 Å². The second kappa shape index (κ2) is 4.37. The van der Waals surface area contributed by atoms with Crippen LogP contribution in [0.5, 0.6) is 0 Å². The number of anilines is 1. The van der Waals surface area contributed by atoms with Crippen LogP contribution in [0.1, 0.15) is 12.8 Å². The van der Waals surface area contributed by atoms with E-state index in [1.807, 2.05) is 0 Å². The molecule has 2 rings (SSSR count). The van der Waals surface area contributed by atoms with E-state index in [1.54, 1.807) is 24.3 Å². The number of hydrogen-bond acceptors (Lipinski definition) is 3. The van der Waals surface area contributed by atoms with E-state index in [4.69, 9.17) is 11.6 Å². The van der Waals surface area contributed by atoms with Crippen molar-refractivity contribution in [3.05, 3.63) is 29.3 Å². The maximum absolute atomic E-state index is 11.9. The summed E-state index contributed by atoms with van der Waals surface area (Å²) in [6.07, 6.45) is 1.08. The van der Waals surface area contributed by atoms with Crippen molar-refractivity contribution in [1.82, 2.24) is 0 Å². The van der Waals surface area contributed by atoms with Crippen molar-refractivity contribution >= 4 is 29.2 Å². The Morgan fingerprint density at radius 3 is 2.35 bits per heavy atom. The van der Waals surface area contributed by atoms with Crippen molar-refractivity contribution in [2.24, 2.45) is 5.41 Å². The van der Waals surface area contributed by atoms with E-state index in [0.717, 1.165) is 0 Å². The molecule has 5 heteroatoms. The zero-order chi connectivity index (χ0) is 12.5. The van der Waals surface area contributed by atoms with Crippen molar-refractivity contribution in [2.75, 3.05) is 12.4 Å². The molecule has 0 saturated heterocycles. The fourth-order valence-corrected chi connectivity index (χ4v) is 1.75. The number of ether oxygens (including phenoxy) is 1. The standard InChI is InChI=1S/C12H12ClNO3/c1-17-11(16)12(6-7-12)10(15)14-9-4-2-8(13)3-5-9/h2-5H,6-7H2,1H3,(H,14,15). The van der Waals surface area contributed by atoms with Crippen molar-refractivity contribution in [2.45, 2.75) is 12.8 Å². The first-order valence-electron chi connectivity index (χ1n) is 5.24. The summed E-state index contributed by atoms with van der Waals surface area (Å²) in [4.78, 5) is 23.4. The Hall–Kier alpha value is -1.55. The zero-order valence-corrected chi connectivity index (χ0v) is 10.1. The van der Waals surface area contributed by atoms with Crippen LogP contribution in [0.2, 0.25) is 5.02 Å². The van der Waals surface area contributed by atoms with Crippen molar-refractivity contribution in [3.63, 3.8) is 0 Å². The number of hydrogen-bond donors (Lipinski definition) is 1. The van der Waals surface area contributed by atoms with E-state index >= 15 is 0 Å². The van der Waals surface area contributed by atoms with E-state index in [2.05, 4.69) is 10.1 Å². The number of carbonyl (C=O) groups is 2.